The van der Waals surface area contributed by atoms with Crippen LogP contribution in [-0.4, -0.2) is 5.78 Å². The molecule has 0 spiro atoms. The van der Waals surface area contributed by atoms with Gasteiger partial charge in [0.25, 0.3) is 0 Å². The summed E-state index contributed by atoms with van der Waals surface area (Å²) in [6, 6.07) is 0. The second-order valence-corrected chi connectivity index (χ2v) is 2.50. The standard InChI is InChI=1S/C7H12O.C2H5N/c1-4-7(8)5-6(2)3;1-2-3/h4,6H,1,5H2,2-3H3;2H,1,3H2. The predicted molar refractivity (Wildman–Crippen MR) is 49.0 cm³/mol. The van der Waals surface area contributed by atoms with E-state index in [1.165, 1.54) is 12.3 Å². The van der Waals surface area contributed by atoms with Crippen molar-refractivity contribution in [1.29, 1.82) is 0 Å². The fraction of sp³-hybridized carbons (Fsp3) is 0.444. The lowest BCUT2D eigenvalue weighted by molar-refractivity contribution is -0.115. The highest BCUT2D eigenvalue weighted by atomic mass is 16.1. The summed E-state index contributed by atoms with van der Waals surface area (Å²) in [4.78, 5) is 10.5. The largest absolute Gasteiger partial charge is 0.405 e. The molecule has 11 heavy (non-hydrogen) atoms. The molecule has 0 unspecified atom stereocenters. The van der Waals surface area contributed by atoms with Gasteiger partial charge in [-0.3, -0.25) is 4.79 Å². The summed E-state index contributed by atoms with van der Waals surface area (Å²) in [5, 5.41) is 0. The van der Waals surface area contributed by atoms with Crippen LogP contribution in [0.4, 0.5) is 0 Å². The van der Waals surface area contributed by atoms with Gasteiger partial charge in [0.15, 0.2) is 5.78 Å². The maximum atomic E-state index is 10.5. The number of hydrogen-bond acceptors (Lipinski definition) is 2. The molecule has 0 aliphatic rings. The van der Waals surface area contributed by atoms with E-state index in [0.717, 1.165) is 0 Å². The molecule has 0 radical (unpaired) electrons. The van der Waals surface area contributed by atoms with Gasteiger partial charge in [0.1, 0.15) is 0 Å². The van der Waals surface area contributed by atoms with Crippen molar-refractivity contribution >= 4 is 5.78 Å². The fourth-order valence-corrected chi connectivity index (χ4v) is 0.486. The summed E-state index contributed by atoms with van der Waals surface area (Å²) in [7, 11) is 0. The van der Waals surface area contributed by atoms with Gasteiger partial charge in [-0.25, -0.2) is 0 Å². The Morgan fingerprint density at radius 2 is 1.91 bits per heavy atom. The molecule has 0 aromatic heterocycles. The zero-order valence-corrected chi connectivity index (χ0v) is 7.34. The van der Waals surface area contributed by atoms with Gasteiger partial charge in [0.2, 0.25) is 0 Å². The number of nitrogens with two attached hydrogens (primary N) is 1. The Balaban J connectivity index is 0. The van der Waals surface area contributed by atoms with E-state index in [9.17, 15) is 4.79 Å². The summed E-state index contributed by atoms with van der Waals surface area (Å²) in [5.41, 5.74) is 4.61. The maximum Gasteiger partial charge on any atom is 0.155 e. The van der Waals surface area contributed by atoms with Gasteiger partial charge in [-0.15, -0.1) is 0 Å². The van der Waals surface area contributed by atoms with Crippen molar-refractivity contribution in [3.05, 3.63) is 25.4 Å². The van der Waals surface area contributed by atoms with Gasteiger partial charge in [0, 0.05) is 6.42 Å². The van der Waals surface area contributed by atoms with Crippen molar-refractivity contribution in [2.24, 2.45) is 11.7 Å². The molecule has 0 atom stereocenters. The minimum Gasteiger partial charge on any atom is -0.405 e. The van der Waals surface area contributed by atoms with E-state index in [1.807, 2.05) is 13.8 Å². The van der Waals surface area contributed by atoms with Crippen LogP contribution in [-0.2, 0) is 4.79 Å². The van der Waals surface area contributed by atoms with Crippen LogP contribution in [0, 0.1) is 5.92 Å². The number of rotatable bonds is 3. The summed E-state index contributed by atoms with van der Waals surface area (Å²) in [6.07, 6.45) is 3.25. The highest BCUT2D eigenvalue weighted by molar-refractivity contribution is 5.89. The van der Waals surface area contributed by atoms with E-state index in [2.05, 4.69) is 18.9 Å². The van der Waals surface area contributed by atoms with E-state index >= 15 is 0 Å². The van der Waals surface area contributed by atoms with Crippen LogP contribution < -0.4 is 5.73 Å². The van der Waals surface area contributed by atoms with Gasteiger partial charge in [0.05, 0.1) is 0 Å². The van der Waals surface area contributed by atoms with Crippen LogP contribution in [0.2, 0.25) is 0 Å². The molecule has 2 nitrogen and oxygen atoms in total. The first-order valence-electron chi connectivity index (χ1n) is 3.56. The minimum atomic E-state index is 0.139. The zero-order chi connectivity index (χ0) is 9.28. The Labute approximate surface area is 68.8 Å². The summed E-state index contributed by atoms with van der Waals surface area (Å²) >= 11 is 0. The quantitative estimate of drug-likeness (QED) is 0.632. The summed E-state index contributed by atoms with van der Waals surface area (Å²) < 4.78 is 0. The number of allylic oxidation sites excluding steroid dienone is 1. The van der Waals surface area contributed by atoms with Crippen molar-refractivity contribution in [2.75, 3.05) is 0 Å². The van der Waals surface area contributed by atoms with Crippen LogP contribution >= 0.6 is 0 Å². The highest BCUT2D eigenvalue weighted by Crippen LogP contribution is 1.99. The normalized spacial score (nSPS) is 7.91. The van der Waals surface area contributed by atoms with Crippen LogP contribution in [0.3, 0.4) is 0 Å². The molecule has 0 aliphatic heterocycles. The lowest BCUT2D eigenvalue weighted by Crippen LogP contribution is -1.97. The first-order valence-corrected chi connectivity index (χ1v) is 3.56. The second kappa shape index (κ2) is 8.95. The average Bonchev–Trinajstić information content (AvgIpc) is 1.88. The molecule has 0 saturated carbocycles. The Morgan fingerprint density at radius 3 is 2.00 bits per heavy atom. The lowest BCUT2D eigenvalue weighted by Gasteiger charge is -1.96. The van der Waals surface area contributed by atoms with Crippen LogP contribution in [0.5, 0.6) is 0 Å². The monoisotopic (exact) mass is 155 g/mol. The molecule has 0 fully saturated rings. The predicted octanol–water partition coefficient (Wildman–Crippen LogP) is 1.88. The lowest BCUT2D eigenvalue weighted by atomic mass is 10.1. The van der Waals surface area contributed by atoms with E-state index < -0.39 is 0 Å². The van der Waals surface area contributed by atoms with E-state index in [0.29, 0.717) is 12.3 Å². The second-order valence-electron chi connectivity index (χ2n) is 2.50. The molecule has 2 N–H and O–H groups in total. The molecule has 0 rings (SSSR count). The van der Waals surface area contributed by atoms with Gasteiger partial charge in [-0.2, -0.15) is 0 Å². The zero-order valence-electron chi connectivity index (χ0n) is 7.34. The maximum absolute atomic E-state index is 10.5. The third-order valence-electron chi connectivity index (χ3n) is 0.837. The number of carbonyl (C=O) groups is 1. The first-order chi connectivity index (χ1) is 5.08. The van der Waals surface area contributed by atoms with E-state index in [-0.39, 0.29) is 5.78 Å². The summed E-state index contributed by atoms with van der Waals surface area (Å²) in [5.74, 6) is 0.598. The Bertz CT molecular complexity index is 128. The molecule has 0 amide bonds. The SMILES string of the molecule is C=CC(=O)CC(C)C.C=CN. The van der Waals surface area contributed by atoms with Crippen molar-refractivity contribution in [3.63, 3.8) is 0 Å². The molecule has 0 bridgehead atoms. The molecule has 0 saturated heterocycles. The fourth-order valence-electron chi connectivity index (χ4n) is 0.486. The average molecular weight is 155 g/mol. The highest BCUT2D eigenvalue weighted by Gasteiger charge is 1.97. The Morgan fingerprint density at radius 1 is 1.55 bits per heavy atom. The third kappa shape index (κ3) is 17.6. The van der Waals surface area contributed by atoms with Crippen molar-refractivity contribution in [2.45, 2.75) is 20.3 Å². The van der Waals surface area contributed by atoms with Crippen molar-refractivity contribution < 1.29 is 4.79 Å². The van der Waals surface area contributed by atoms with Crippen molar-refractivity contribution in [3.8, 4) is 0 Å². The van der Waals surface area contributed by atoms with E-state index in [4.69, 9.17) is 0 Å². The Hall–Kier alpha value is -1.05. The third-order valence-corrected chi connectivity index (χ3v) is 0.837. The first kappa shape index (κ1) is 12.6. The molecule has 0 aromatic rings. The van der Waals surface area contributed by atoms with Gasteiger partial charge in [-0.05, 0) is 18.2 Å². The number of carbonyl (C=O) groups excluding carboxylic acids is 1. The smallest absolute Gasteiger partial charge is 0.155 e. The Kier molecular flexibility index (Phi) is 10.3. The molecule has 0 aromatic carbocycles. The van der Waals surface area contributed by atoms with Crippen LogP contribution in [0.15, 0.2) is 25.4 Å². The number of ketones is 1. The molecule has 0 heterocycles. The molecular formula is C9H17NO. The molecule has 0 aliphatic carbocycles. The van der Waals surface area contributed by atoms with Crippen LogP contribution in [0.1, 0.15) is 20.3 Å². The topological polar surface area (TPSA) is 43.1 Å². The minimum absolute atomic E-state index is 0.139. The molecule has 64 valence electrons. The van der Waals surface area contributed by atoms with Crippen molar-refractivity contribution in [1.82, 2.24) is 0 Å². The van der Waals surface area contributed by atoms with Gasteiger partial charge in [-0.1, -0.05) is 27.0 Å². The molecular weight excluding hydrogens is 138 g/mol. The van der Waals surface area contributed by atoms with Crippen LogP contribution in [0.25, 0.3) is 0 Å². The molecule has 2 heteroatoms. The van der Waals surface area contributed by atoms with E-state index in [1.54, 1.807) is 0 Å². The summed E-state index contributed by atoms with van der Waals surface area (Å²) in [6.45, 7) is 10.5. The van der Waals surface area contributed by atoms with Gasteiger partial charge >= 0.3 is 0 Å². The number of hydrogen-bond donors (Lipinski definition) is 1. The van der Waals surface area contributed by atoms with Gasteiger partial charge < -0.3 is 5.73 Å².